The Labute approximate surface area is 122 Å². The van der Waals surface area contributed by atoms with Gasteiger partial charge in [-0.05, 0) is 36.8 Å². The highest BCUT2D eigenvalue weighted by molar-refractivity contribution is 6.04. The van der Waals surface area contributed by atoms with Crippen LogP contribution in [0, 0.1) is 6.92 Å². The fourth-order valence-electron chi connectivity index (χ4n) is 1.89. The van der Waals surface area contributed by atoms with Crippen molar-refractivity contribution >= 4 is 17.5 Å². The van der Waals surface area contributed by atoms with E-state index in [1.165, 1.54) is 0 Å². The highest BCUT2D eigenvalue weighted by Gasteiger charge is 2.07. The lowest BCUT2D eigenvalue weighted by Gasteiger charge is -2.07. The van der Waals surface area contributed by atoms with Crippen LogP contribution in [0.3, 0.4) is 0 Å². The molecule has 5 nitrogen and oxygen atoms in total. The lowest BCUT2D eigenvalue weighted by atomic mass is 10.1. The number of carbonyl (C=O) groups is 2. The summed E-state index contributed by atoms with van der Waals surface area (Å²) in [6.07, 6.45) is 0.0464. The smallest absolute Gasteiger partial charge is 0.255 e. The van der Waals surface area contributed by atoms with Gasteiger partial charge in [0.05, 0.1) is 6.42 Å². The van der Waals surface area contributed by atoms with Gasteiger partial charge in [-0.1, -0.05) is 29.8 Å². The molecule has 0 saturated heterocycles. The third kappa shape index (κ3) is 4.15. The molecule has 0 saturated carbocycles. The minimum absolute atomic E-state index is 0.0464. The van der Waals surface area contributed by atoms with Gasteiger partial charge in [-0.25, -0.2) is 5.48 Å². The van der Waals surface area contributed by atoms with E-state index < -0.39 is 5.91 Å². The van der Waals surface area contributed by atoms with E-state index in [9.17, 15) is 9.59 Å². The number of hydrogen-bond acceptors (Lipinski definition) is 3. The number of rotatable bonds is 4. The summed E-state index contributed by atoms with van der Waals surface area (Å²) in [5.74, 6) is -0.712. The number of hydrogen-bond donors (Lipinski definition) is 3. The van der Waals surface area contributed by atoms with E-state index in [4.69, 9.17) is 5.21 Å². The molecule has 0 aliphatic rings. The summed E-state index contributed by atoms with van der Waals surface area (Å²) < 4.78 is 0. The average Bonchev–Trinajstić information content (AvgIpc) is 2.48. The van der Waals surface area contributed by atoms with Crippen LogP contribution in [-0.4, -0.2) is 17.0 Å². The molecule has 2 rings (SSSR count). The van der Waals surface area contributed by atoms with Gasteiger partial charge in [-0.2, -0.15) is 0 Å². The molecule has 0 radical (unpaired) electrons. The fraction of sp³-hybridized carbons (Fsp3) is 0.125. The molecule has 0 fully saturated rings. The van der Waals surface area contributed by atoms with Crippen LogP contribution in [0.5, 0.6) is 0 Å². The zero-order chi connectivity index (χ0) is 15.2. The second-order valence-electron chi connectivity index (χ2n) is 4.73. The SMILES string of the molecule is Cc1ccc(C(=O)Nc2cccc(CC(=O)NO)c2)cc1. The lowest BCUT2D eigenvalue weighted by Crippen LogP contribution is -2.20. The summed E-state index contributed by atoms with van der Waals surface area (Å²) in [6.45, 7) is 1.96. The molecular formula is C16H16N2O3. The quantitative estimate of drug-likeness (QED) is 0.595. The molecule has 108 valence electrons. The van der Waals surface area contributed by atoms with Gasteiger partial charge in [0.1, 0.15) is 0 Å². The third-order valence-electron chi connectivity index (χ3n) is 2.99. The number of hydroxylamine groups is 1. The summed E-state index contributed by atoms with van der Waals surface area (Å²) in [5, 5.41) is 11.3. The molecule has 2 aromatic rings. The van der Waals surface area contributed by atoms with Crippen molar-refractivity contribution in [2.75, 3.05) is 5.32 Å². The van der Waals surface area contributed by atoms with Gasteiger partial charge in [0.25, 0.3) is 5.91 Å². The Kier molecular flexibility index (Phi) is 4.68. The minimum atomic E-state index is -0.503. The topological polar surface area (TPSA) is 78.4 Å². The molecular weight excluding hydrogens is 268 g/mol. The maximum atomic E-state index is 12.1. The maximum absolute atomic E-state index is 12.1. The van der Waals surface area contributed by atoms with Crippen LogP contribution in [0.15, 0.2) is 48.5 Å². The molecule has 0 bridgehead atoms. The van der Waals surface area contributed by atoms with Crippen molar-refractivity contribution in [2.45, 2.75) is 13.3 Å². The van der Waals surface area contributed by atoms with Gasteiger partial charge in [-0.3, -0.25) is 14.8 Å². The van der Waals surface area contributed by atoms with Crippen molar-refractivity contribution in [3.05, 3.63) is 65.2 Å². The maximum Gasteiger partial charge on any atom is 0.255 e. The first-order valence-electron chi connectivity index (χ1n) is 6.48. The average molecular weight is 284 g/mol. The summed E-state index contributed by atoms with van der Waals surface area (Å²) in [6, 6.07) is 14.2. The summed E-state index contributed by atoms with van der Waals surface area (Å²) in [7, 11) is 0. The predicted molar refractivity (Wildman–Crippen MR) is 79.2 cm³/mol. The van der Waals surface area contributed by atoms with Crippen molar-refractivity contribution < 1.29 is 14.8 Å². The van der Waals surface area contributed by atoms with E-state index in [1.54, 1.807) is 41.9 Å². The Balaban J connectivity index is 2.08. The molecule has 2 amide bonds. The third-order valence-corrected chi connectivity index (χ3v) is 2.99. The second-order valence-corrected chi connectivity index (χ2v) is 4.73. The van der Waals surface area contributed by atoms with Gasteiger partial charge in [0.15, 0.2) is 0 Å². The number of anilines is 1. The molecule has 0 aliphatic heterocycles. The Morgan fingerprint density at radius 2 is 1.81 bits per heavy atom. The first-order chi connectivity index (χ1) is 10.1. The number of aryl methyl sites for hydroxylation is 1. The number of carbonyl (C=O) groups excluding carboxylic acids is 2. The fourth-order valence-corrected chi connectivity index (χ4v) is 1.89. The Morgan fingerprint density at radius 3 is 2.48 bits per heavy atom. The van der Waals surface area contributed by atoms with Crippen molar-refractivity contribution in [1.29, 1.82) is 0 Å². The largest absolute Gasteiger partial charge is 0.322 e. The van der Waals surface area contributed by atoms with Crippen LogP contribution in [0.2, 0.25) is 0 Å². The summed E-state index contributed by atoms with van der Waals surface area (Å²) in [5.41, 5.74) is 4.53. The summed E-state index contributed by atoms with van der Waals surface area (Å²) in [4.78, 5) is 23.2. The monoisotopic (exact) mass is 284 g/mol. The normalized spacial score (nSPS) is 10.0. The van der Waals surface area contributed by atoms with Crippen LogP contribution in [0.4, 0.5) is 5.69 Å². The van der Waals surface area contributed by atoms with Crippen molar-refractivity contribution in [3.8, 4) is 0 Å². The highest BCUT2D eigenvalue weighted by Crippen LogP contribution is 2.13. The molecule has 0 spiro atoms. The van der Waals surface area contributed by atoms with Gasteiger partial charge in [0.2, 0.25) is 5.91 Å². The number of amides is 2. The van der Waals surface area contributed by atoms with Crippen LogP contribution in [0.25, 0.3) is 0 Å². The minimum Gasteiger partial charge on any atom is -0.322 e. The molecule has 2 aromatic carbocycles. The van der Waals surface area contributed by atoms with Gasteiger partial charge < -0.3 is 5.32 Å². The molecule has 3 N–H and O–H groups in total. The summed E-state index contributed by atoms with van der Waals surface area (Å²) >= 11 is 0. The second kappa shape index (κ2) is 6.67. The lowest BCUT2D eigenvalue weighted by molar-refractivity contribution is -0.128. The molecule has 0 atom stereocenters. The molecule has 0 aliphatic carbocycles. The number of benzene rings is 2. The van der Waals surface area contributed by atoms with Gasteiger partial charge in [0, 0.05) is 11.3 Å². The van der Waals surface area contributed by atoms with E-state index in [1.807, 2.05) is 19.1 Å². The van der Waals surface area contributed by atoms with E-state index in [2.05, 4.69) is 5.32 Å². The van der Waals surface area contributed by atoms with Crippen molar-refractivity contribution in [3.63, 3.8) is 0 Å². The molecule has 0 aromatic heterocycles. The van der Waals surface area contributed by atoms with E-state index in [0.29, 0.717) is 16.8 Å². The Bertz CT molecular complexity index is 651. The zero-order valence-corrected chi connectivity index (χ0v) is 11.6. The predicted octanol–water partition coefficient (Wildman–Crippen LogP) is 2.30. The molecule has 5 heteroatoms. The number of nitrogens with one attached hydrogen (secondary N) is 2. The van der Waals surface area contributed by atoms with Crippen LogP contribution < -0.4 is 10.8 Å². The zero-order valence-electron chi connectivity index (χ0n) is 11.6. The van der Waals surface area contributed by atoms with E-state index >= 15 is 0 Å². The standard InChI is InChI=1S/C16H16N2O3/c1-11-5-7-13(8-6-11)16(20)17-14-4-2-3-12(9-14)10-15(19)18-21/h2-9,21H,10H2,1H3,(H,17,20)(H,18,19). The van der Waals surface area contributed by atoms with E-state index in [-0.39, 0.29) is 12.3 Å². The molecule has 21 heavy (non-hydrogen) atoms. The van der Waals surface area contributed by atoms with E-state index in [0.717, 1.165) is 5.56 Å². The first kappa shape index (κ1) is 14.7. The molecule has 0 heterocycles. The molecule has 0 unspecified atom stereocenters. The van der Waals surface area contributed by atoms with Crippen LogP contribution in [-0.2, 0) is 11.2 Å². The van der Waals surface area contributed by atoms with Crippen LogP contribution >= 0.6 is 0 Å². The Hall–Kier alpha value is -2.66. The van der Waals surface area contributed by atoms with Crippen molar-refractivity contribution in [1.82, 2.24) is 5.48 Å². The highest BCUT2D eigenvalue weighted by atomic mass is 16.5. The van der Waals surface area contributed by atoms with Crippen LogP contribution in [0.1, 0.15) is 21.5 Å². The first-order valence-corrected chi connectivity index (χ1v) is 6.48. The van der Waals surface area contributed by atoms with Gasteiger partial charge >= 0.3 is 0 Å². The van der Waals surface area contributed by atoms with Crippen molar-refractivity contribution in [2.24, 2.45) is 0 Å². The Morgan fingerprint density at radius 1 is 1.10 bits per heavy atom. The van der Waals surface area contributed by atoms with Gasteiger partial charge in [-0.15, -0.1) is 0 Å².